The van der Waals surface area contributed by atoms with Crippen molar-refractivity contribution in [1.29, 1.82) is 0 Å². The Morgan fingerprint density at radius 2 is 2.18 bits per heavy atom. The Balaban J connectivity index is 2.38. The summed E-state index contributed by atoms with van der Waals surface area (Å²) < 4.78 is 13.2. The van der Waals surface area contributed by atoms with Gasteiger partial charge in [0.1, 0.15) is 5.82 Å². The second kappa shape index (κ2) is 6.74. The monoisotopic (exact) mass is 256 g/mol. The van der Waals surface area contributed by atoms with Gasteiger partial charge < -0.3 is 16.9 Å². The number of nitrogens with zero attached hydrogens (tertiary/aromatic N) is 1. The maximum atomic E-state index is 13.2. The second-order valence-corrected chi connectivity index (χ2v) is 4.21. The molecule has 0 heterocycles. The van der Waals surface area contributed by atoms with Crippen molar-refractivity contribution >= 4 is 28.5 Å². The minimum atomic E-state index is -0.462. The smallest absolute Gasteiger partial charge is 0.225 e. The third kappa shape index (κ3) is 4.73. The molecular formula is C10H13FN4OS. The first-order valence-corrected chi connectivity index (χ1v) is 5.82. The van der Waals surface area contributed by atoms with Gasteiger partial charge in [-0.3, -0.25) is 4.79 Å². The van der Waals surface area contributed by atoms with E-state index >= 15 is 0 Å². The summed E-state index contributed by atoms with van der Waals surface area (Å²) in [7, 11) is 0. The van der Waals surface area contributed by atoms with Crippen molar-refractivity contribution in [2.24, 2.45) is 16.7 Å². The van der Waals surface area contributed by atoms with Crippen LogP contribution < -0.4 is 16.9 Å². The number of para-hydroxylation sites is 1. The third-order valence-corrected chi connectivity index (χ3v) is 2.66. The maximum Gasteiger partial charge on any atom is 0.225 e. The van der Waals surface area contributed by atoms with Crippen molar-refractivity contribution in [1.82, 2.24) is 0 Å². The van der Waals surface area contributed by atoms with Crippen LogP contribution >= 0.6 is 11.8 Å². The van der Waals surface area contributed by atoms with Crippen molar-refractivity contribution in [2.75, 3.05) is 11.1 Å². The second-order valence-electron chi connectivity index (χ2n) is 3.09. The molecule has 0 aliphatic carbocycles. The summed E-state index contributed by atoms with van der Waals surface area (Å²) in [6.45, 7) is 0. The van der Waals surface area contributed by atoms with E-state index < -0.39 is 5.82 Å². The number of rotatable bonds is 4. The largest absolute Gasteiger partial charge is 0.377 e. The number of hydrazone groups is 1. The highest BCUT2D eigenvalue weighted by atomic mass is 32.2. The van der Waals surface area contributed by atoms with Crippen molar-refractivity contribution < 1.29 is 9.18 Å². The van der Waals surface area contributed by atoms with E-state index in [0.29, 0.717) is 5.75 Å². The van der Waals surface area contributed by atoms with Gasteiger partial charge in [-0.25, -0.2) is 4.39 Å². The lowest BCUT2D eigenvalue weighted by molar-refractivity contribution is -0.115. The Hall–Kier alpha value is -1.76. The van der Waals surface area contributed by atoms with Gasteiger partial charge >= 0.3 is 0 Å². The molecule has 17 heavy (non-hydrogen) atoms. The molecule has 0 radical (unpaired) electrons. The van der Waals surface area contributed by atoms with Crippen LogP contribution in [-0.2, 0) is 4.79 Å². The van der Waals surface area contributed by atoms with Crippen molar-refractivity contribution in [3.05, 3.63) is 30.1 Å². The quantitative estimate of drug-likeness (QED) is 0.325. The van der Waals surface area contributed by atoms with Gasteiger partial charge in [0.25, 0.3) is 0 Å². The van der Waals surface area contributed by atoms with Crippen LogP contribution in [0.25, 0.3) is 0 Å². The van der Waals surface area contributed by atoms with Gasteiger partial charge in [-0.2, -0.15) is 5.10 Å². The summed E-state index contributed by atoms with van der Waals surface area (Å²) in [5, 5.41) is 5.92. The number of anilines is 1. The summed E-state index contributed by atoms with van der Waals surface area (Å²) in [4.78, 5) is 11.4. The number of halogens is 1. The Morgan fingerprint density at radius 3 is 2.82 bits per heavy atom. The molecule has 1 rings (SSSR count). The van der Waals surface area contributed by atoms with Gasteiger partial charge in [0.05, 0.1) is 5.69 Å². The molecule has 1 aromatic carbocycles. The van der Waals surface area contributed by atoms with Crippen LogP contribution in [0.1, 0.15) is 6.42 Å². The average Bonchev–Trinajstić information content (AvgIpc) is 2.32. The topological polar surface area (TPSA) is 93.5 Å². The maximum absolute atomic E-state index is 13.2. The van der Waals surface area contributed by atoms with Crippen LogP contribution in [0.2, 0.25) is 0 Å². The molecule has 0 spiro atoms. The number of amides is 1. The van der Waals surface area contributed by atoms with Gasteiger partial charge in [-0.05, 0) is 12.1 Å². The summed E-state index contributed by atoms with van der Waals surface area (Å²) in [6, 6.07) is 5.98. The standard InChI is InChI=1S/C10H13FN4OS/c11-7-3-1-2-4-8(7)14-9(16)5-6-17-10(12)15-13/h1-4H,5-6,13H2,(H2,12,15)(H,14,16). The minimum absolute atomic E-state index is 0.169. The number of amidine groups is 1. The molecule has 0 bridgehead atoms. The highest BCUT2D eigenvalue weighted by Crippen LogP contribution is 2.13. The molecule has 92 valence electrons. The first-order chi connectivity index (χ1) is 8.13. The lowest BCUT2D eigenvalue weighted by atomic mass is 10.3. The van der Waals surface area contributed by atoms with E-state index in [1.807, 2.05) is 0 Å². The number of thioether (sulfide) groups is 1. The zero-order valence-corrected chi connectivity index (χ0v) is 9.84. The van der Waals surface area contributed by atoms with Gasteiger partial charge in [0.15, 0.2) is 5.17 Å². The Labute approximate surface area is 102 Å². The molecule has 7 heteroatoms. The fourth-order valence-electron chi connectivity index (χ4n) is 1.06. The highest BCUT2D eigenvalue weighted by Gasteiger charge is 2.06. The van der Waals surface area contributed by atoms with E-state index in [0.717, 1.165) is 0 Å². The summed E-state index contributed by atoms with van der Waals surface area (Å²) in [5.41, 5.74) is 5.50. The number of nitrogens with one attached hydrogen (secondary N) is 1. The molecule has 5 N–H and O–H groups in total. The molecule has 0 aliphatic heterocycles. The van der Waals surface area contributed by atoms with Crippen molar-refractivity contribution in [3.63, 3.8) is 0 Å². The highest BCUT2D eigenvalue weighted by molar-refractivity contribution is 8.13. The number of hydrogen-bond acceptors (Lipinski definition) is 4. The summed E-state index contributed by atoms with van der Waals surface area (Å²) in [6.07, 6.45) is 0.204. The third-order valence-electron chi connectivity index (χ3n) is 1.85. The lowest BCUT2D eigenvalue weighted by Gasteiger charge is -2.05. The van der Waals surface area contributed by atoms with E-state index in [9.17, 15) is 9.18 Å². The molecule has 1 amide bonds. The van der Waals surface area contributed by atoms with Gasteiger partial charge in [0.2, 0.25) is 5.91 Å². The Bertz CT molecular complexity index is 425. The molecule has 5 nitrogen and oxygen atoms in total. The van der Waals surface area contributed by atoms with E-state index in [-0.39, 0.29) is 23.2 Å². The van der Waals surface area contributed by atoms with Crippen molar-refractivity contribution in [3.8, 4) is 0 Å². The zero-order valence-electron chi connectivity index (χ0n) is 9.02. The molecule has 0 fully saturated rings. The van der Waals surface area contributed by atoms with Crippen molar-refractivity contribution in [2.45, 2.75) is 6.42 Å². The average molecular weight is 256 g/mol. The fraction of sp³-hybridized carbons (Fsp3) is 0.200. The molecular weight excluding hydrogens is 243 g/mol. The van der Waals surface area contributed by atoms with Gasteiger partial charge in [-0.15, -0.1) is 0 Å². The fourth-order valence-corrected chi connectivity index (χ4v) is 1.63. The molecule has 0 atom stereocenters. The number of carbonyl (C=O) groups excluding carboxylic acids is 1. The number of hydrogen-bond donors (Lipinski definition) is 3. The lowest BCUT2D eigenvalue weighted by Crippen LogP contribution is -2.15. The van der Waals surface area contributed by atoms with E-state index in [4.69, 9.17) is 11.6 Å². The summed E-state index contributed by atoms with van der Waals surface area (Å²) in [5.74, 6) is 4.62. The predicted octanol–water partition coefficient (Wildman–Crippen LogP) is 1.08. The molecule has 0 aromatic heterocycles. The van der Waals surface area contributed by atoms with Gasteiger partial charge in [0, 0.05) is 12.2 Å². The van der Waals surface area contributed by atoms with Crippen LogP contribution in [0.15, 0.2) is 29.4 Å². The number of benzene rings is 1. The number of nitrogens with two attached hydrogens (primary N) is 2. The SMILES string of the molecule is NN=C(N)SCCC(=O)Nc1ccccc1F. The minimum Gasteiger partial charge on any atom is -0.377 e. The zero-order chi connectivity index (χ0) is 12.7. The predicted molar refractivity (Wildman–Crippen MR) is 67.9 cm³/mol. The molecule has 0 saturated carbocycles. The number of carbonyl (C=O) groups is 1. The van der Waals surface area contributed by atoms with E-state index in [1.54, 1.807) is 12.1 Å². The summed E-state index contributed by atoms with van der Waals surface area (Å²) >= 11 is 1.17. The Morgan fingerprint density at radius 1 is 1.47 bits per heavy atom. The van der Waals surface area contributed by atoms with Gasteiger partial charge in [-0.1, -0.05) is 23.9 Å². The van der Waals surface area contributed by atoms with Crippen LogP contribution in [0.4, 0.5) is 10.1 Å². The molecule has 0 aliphatic rings. The van der Waals surface area contributed by atoms with Crippen LogP contribution in [0.5, 0.6) is 0 Å². The van der Waals surface area contributed by atoms with Crippen LogP contribution in [-0.4, -0.2) is 16.8 Å². The van der Waals surface area contributed by atoms with Crippen LogP contribution in [0.3, 0.4) is 0 Å². The molecule has 1 aromatic rings. The molecule has 0 saturated heterocycles. The molecule has 0 unspecified atom stereocenters. The Kier molecular flexibility index (Phi) is 5.28. The van der Waals surface area contributed by atoms with Crippen LogP contribution in [0, 0.1) is 5.82 Å². The first kappa shape index (κ1) is 13.3. The first-order valence-electron chi connectivity index (χ1n) is 4.84. The normalized spacial score (nSPS) is 11.2. The van der Waals surface area contributed by atoms with E-state index in [2.05, 4.69) is 10.4 Å². The van der Waals surface area contributed by atoms with E-state index in [1.165, 1.54) is 23.9 Å².